The van der Waals surface area contributed by atoms with Crippen LogP contribution in [0.15, 0.2) is 50.6 Å². The molecule has 1 aromatic carbocycles. The van der Waals surface area contributed by atoms with Gasteiger partial charge >= 0.3 is 125 Å². The Bertz CT molecular complexity index is 498. The van der Waals surface area contributed by atoms with Gasteiger partial charge in [-0.3, -0.25) is 0 Å². The van der Waals surface area contributed by atoms with Crippen LogP contribution in [0.25, 0.3) is 0 Å². The molecule has 114 valence electrons. The average molecular weight is 396 g/mol. The molecule has 0 radical (unpaired) electrons. The molecule has 21 heavy (non-hydrogen) atoms. The van der Waals surface area contributed by atoms with Crippen molar-refractivity contribution >= 4 is 14.7 Å². The maximum atomic E-state index is 2.41. The van der Waals surface area contributed by atoms with Crippen molar-refractivity contribution in [3.63, 3.8) is 0 Å². The van der Waals surface area contributed by atoms with Crippen LogP contribution < -0.4 is 42.4 Å². The minimum atomic E-state index is -0.272. The smallest absolute Gasteiger partial charge is 1.00 e. The Kier molecular flexibility index (Phi) is 12.6. The van der Waals surface area contributed by atoms with Crippen LogP contribution in [-0.4, -0.2) is 9.52 Å². The van der Waals surface area contributed by atoms with Gasteiger partial charge in [-0.25, -0.2) is 0 Å². The maximum absolute atomic E-state index is 2.41. The molecule has 1 unspecified atom stereocenters. The number of hydrogen-bond donors (Lipinski definition) is 0. The zero-order chi connectivity index (χ0) is 13.1. The second kappa shape index (κ2) is 11.1. The van der Waals surface area contributed by atoms with Gasteiger partial charge in [0.05, 0.1) is 0 Å². The minimum absolute atomic E-state index is 0. The number of halogens is 3. The third kappa shape index (κ3) is 5.57. The fraction of sp³-hybridized carbons (Fsp3) is 0.375. The van der Waals surface area contributed by atoms with Crippen molar-refractivity contribution in [2.45, 2.75) is 33.6 Å². The number of allylic oxidation sites excluding steroid dienone is 4. The van der Waals surface area contributed by atoms with Crippen molar-refractivity contribution in [1.29, 1.82) is 0 Å². The summed E-state index contributed by atoms with van der Waals surface area (Å²) in [5.41, 5.74) is 3.29. The quantitative estimate of drug-likeness (QED) is 0.446. The normalized spacial score (nSPS) is 17.7. The SMILES string of the molecule is CCCC1=C(C)[C]([Ti+3])=C([SiH2]c2ccccc2)C1C.[Cl-].[Cl-].[Cl-]. The molecular weight excluding hydrogens is 374 g/mol. The van der Waals surface area contributed by atoms with Gasteiger partial charge in [-0.1, -0.05) is 0 Å². The Morgan fingerprint density at radius 1 is 1.10 bits per heavy atom. The van der Waals surface area contributed by atoms with Crippen molar-refractivity contribution in [3.8, 4) is 0 Å². The van der Waals surface area contributed by atoms with Crippen LogP contribution in [0, 0.1) is 5.92 Å². The van der Waals surface area contributed by atoms with E-state index in [4.69, 9.17) is 0 Å². The van der Waals surface area contributed by atoms with Crippen LogP contribution in [0.3, 0.4) is 0 Å². The first-order valence-electron chi connectivity index (χ1n) is 6.83. The van der Waals surface area contributed by atoms with E-state index in [0.29, 0.717) is 5.92 Å². The molecule has 0 saturated carbocycles. The first-order valence-corrected chi connectivity index (χ1v) is 9.03. The number of rotatable bonds is 4. The molecule has 5 heteroatoms. The van der Waals surface area contributed by atoms with Gasteiger partial charge < -0.3 is 37.2 Å². The standard InChI is InChI=1S/C16H21Si.3ClH.Ti/c1-4-8-15-12(2)11-16(13(15)3)17-14-9-6-5-7-10-14;;;;/h5-7,9-10,13H,4,8,17H2,1-3H3;3*1H;/q;;;;+3/p-3. The summed E-state index contributed by atoms with van der Waals surface area (Å²) in [6.45, 7) is 7.02. The Morgan fingerprint density at radius 2 is 1.67 bits per heavy atom. The molecule has 0 saturated heterocycles. The molecule has 0 aromatic heterocycles. The van der Waals surface area contributed by atoms with Crippen LogP contribution in [0.2, 0.25) is 0 Å². The van der Waals surface area contributed by atoms with Gasteiger partial charge in [0.2, 0.25) is 0 Å². The van der Waals surface area contributed by atoms with Crippen LogP contribution in [0.5, 0.6) is 0 Å². The minimum Gasteiger partial charge on any atom is -1.00 e. The van der Waals surface area contributed by atoms with Crippen LogP contribution in [0.4, 0.5) is 0 Å². The third-order valence-electron chi connectivity index (χ3n) is 3.98. The molecule has 0 spiro atoms. The van der Waals surface area contributed by atoms with Gasteiger partial charge in [0.1, 0.15) is 0 Å². The summed E-state index contributed by atoms with van der Waals surface area (Å²) in [6, 6.07) is 11.1. The molecule has 0 nitrogen and oxygen atoms in total. The predicted molar refractivity (Wildman–Crippen MR) is 78.4 cm³/mol. The van der Waals surface area contributed by atoms with Gasteiger partial charge in [-0.05, 0) is 0 Å². The van der Waals surface area contributed by atoms with E-state index in [-0.39, 0.29) is 46.7 Å². The molecule has 0 aliphatic heterocycles. The second-order valence-electron chi connectivity index (χ2n) is 5.18. The molecule has 2 rings (SSSR count). The van der Waals surface area contributed by atoms with E-state index in [0.717, 1.165) is 0 Å². The molecule has 0 fully saturated rings. The molecule has 0 amide bonds. The third-order valence-corrected chi connectivity index (χ3v) is 7.85. The summed E-state index contributed by atoms with van der Waals surface area (Å²) in [7, 11) is -0.272. The van der Waals surface area contributed by atoms with Crippen LogP contribution in [0.1, 0.15) is 33.6 Å². The van der Waals surface area contributed by atoms with E-state index in [2.05, 4.69) is 71.5 Å². The fourth-order valence-electron chi connectivity index (χ4n) is 2.88. The van der Waals surface area contributed by atoms with Gasteiger partial charge in [0.15, 0.2) is 0 Å². The van der Waals surface area contributed by atoms with Gasteiger partial charge in [-0.15, -0.1) is 0 Å². The zero-order valence-electron chi connectivity index (χ0n) is 12.7. The fourth-order valence-corrected chi connectivity index (χ4v) is 5.83. The number of hydrogen-bond acceptors (Lipinski definition) is 0. The van der Waals surface area contributed by atoms with E-state index in [9.17, 15) is 0 Å². The molecule has 1 atom stereocenters. The Labute approximate surface area is 161 Å². The summed E-state index contributed by atoms with van der Waals surface area (Å²) < 4.78 is 1.60. The van der Waals surface area contributed by atoms with E-state index < -0.39 is 0 Å². The topological polar surface area (TPSA) is 0 Å². The molecule has 1 aliphatic carbocycles. The van der Waals surface area contributed by atoms with E-state index >= 15 is 0 Å². The average Bonchev–Trinajstić information content (AvgIpc) is 2.58. The summed E-state index contributed by atoms with van der Waals surface area (Å²) >= 11 is 2.33. The Balaban J connectivity index is 0. The monoisotopic (exact) mass is 394 g/mol. The molecule has 1 aromatic rings. The van der Waals surface area contributed by atoms with Crippen molar-refractivity contribution in [2.24, 2.45) is 5.92 Å². The first-order chi connectivity index (χ1) is 8.65. The van der Waals surface area contributed by atoms with Gasteiger partial charge in [-0.2, -0.15) is 0 Å². The van der Waals surface area contributed by atoms with Crippen LogP contribution in [-0.2, 0) is 20.4 Å². The van der Waals surface area contributed by atoms with Gasteiger partial charge in [0, 0.05) is 0 Å². The second-order valence-corrected chi connectivity index (χ2v) is 7.90. The first kappa shape index (κ1) is 23.8. The number of benzene rings is 1. The van der Waals surface area contributed by atoms with Gasteiger partial charge in [0.25, 0.3) is 0 Å². The van der Waals surface area contributed by atoms with Crippen molar-refractivity contribution in [3.05, 3.63) is 50.6 Å². The summed E-state index contributed by atoms with van der Waals surface area (Å²) in [5.74, 6) is 0.705. The summed E-state index contributed by atoms with van der Waals surface area (Å²) in [4.78, 5) is 0. The molecule has 0 N–H and O–H groups in total. The van der Waals surface area contributed by atoms with Crippen molar-refractivity contribution < 1.29 is 57.7 Å². The van der Waals surface area contributed by atoms with E-state index in [1.54, 1.807) is 25.4 Å². The van der Waals surface area contributed by atoms with E-state index in [1.165, 1.54) is 12.8 Å². The molecular formula is C16H21Cl3SiTi. The molecule has 1 aliphatic rings. The van der Waals surface area contributed by atoms with Crippen molar-refractivity contribution in [1.82, 2.24) is 0 Å². The molecule has 0 heterocycles. The maximum Gasteiger partial charge on any atom is -1.00 e. The molecule has 0 bridgehead atoms. The summed E-state index contributed by atoms with van der Waals surface area (Å²) in [6.07, 6.45) is 2.54. The zero-order valence-corrected chi connectivity index (χ0v) is 18.0. The Hall–Kier alpha value is 0.501. The largest absolute Gasteiger partial charge is 1.00 e. The van der Waals surface area contributed by atoms with E-state index in [1.807, 2.05) is 0 Å². The Morgan fingerprint density at radius 3 is 2.19 bits per heavy atom. The predicted octanol–water partition coefficient (Wildman–Crippen LogP) is -5.98. The van der Waals surface area contributed by atoms with Crippen LogP contribution >= 0.6 is 0 Å². The summed E-state index contributed by atoms with van der Waals surface area (Å²) in [5, 5.41) is 3.34. The van der Waals surface area contributed by atoms with Crippen molar-refractivity contribution in [2.75, 3.05) is 0 Å².